The molecule has 5 aliphatic rings. The Bertz CT molecular complexity index is 586. The fourth-order valence-electron chi connectivity index (χ4n) is 7.84. The van der Waals surface area contributed by atoms with Crippen LogP contribution >= 0.6 is 0 Å². The second-order valence-corrected chi connectivity index (χ2v) is 10.2. The van der Waals surface area contributed by atoms with Crippen LogP contribution in [0.25, 0.3) is 0 Å². The third-order valence-corrected chi connectivity index (χ3v) is 9.30. The van der Waals surface area contributed by atoms with E-state index in [2.05, 4.69) is 6.92 Å². The first kappa shape index (κ1) is 16.8. The van der Waals surface area contributed by atoms with Crippen molar-refractivity contribution < 1.29 is 20.1 Å². The predicted molar refractivity (Wildman–Crippen MR) is 90.4 cm³/mol. The van der Waals surface area contributed by atoms with Gasteiger partial charge in [0, 0.05) is 5.41 Å². The van der Waals surface area contributed by atoms with Crippen LogP contribution in [0.15, 0.2) is 0 Å². The molecule has 0 unspecified atom stereocenters. The summed E-state index contributed by atoms with van der Waals surface area (Å²) < 4.78 is 0. The van der Waals surface area contributed by atoms with Crippen LogP contribution in [-0.2, 0) is 4.79 Å². The molecular formula is C20H32O4. The van der Waals surface area contributed by atoms with Crippen LogP contribution in [0.5, 0.6) is 0 Å². The van der Waals surface area contributed by atoms with Crippen LogP contribution in [0, 0.1) is 28.1 Å². The summed E-state index contributed by atoms with van der Waals surface area (Å²) in [7, 11) is 0. The van der Waals surface area contributed by atoms with Crippen LogP contribution < -0.4 is 0 Å². The molecule has 3 N–H and O–H groups in total. The predicted octanol–water partition coefficient (Wildman–Crippen LogP) is 3.35. The molecule has 0 saturated heterocycles. The van der Waals surface area contributed by atoms with Gasteiger partial charge in [-0.15, -0.1) is 0 Å². The van der Waals surface area contributed by atoms with Gasteiger partial charge in [0.2, 0.25) is 0 Å². The summed E-state index contributed by atoms with van der Waals surface area (Å²) in [6.45, 7) is 5.91. The Morgan fingerprint density at radius 1 is 1.00 bits per heavy atom. The van der Waals surface area contributed by atoms with Gasteiger partial charge in [-0.25, -0.2) is 0 Å². The molecule has 0 aromatic heterocycles. The molecule has 0 heterocycles. The fourth-order valence-corrected chi connectivity index (χ4v) is 7.84. The molecule has 0 aromatic carbocycles. The lowest BCUT2D eigenvalue weighted by atomic mass is 9.34. The van der Waals surface area contributed by atoms with Gasteiger partial charge in [0.15, 0.2) is 0 Å². The zero-order chi connectivity index (χ0) is 17.6. The lowest BCUT2D eigenvalue weighted by Gasteiger charge is -2.72. The van der Waals surface area contributed by atoms with E-state index in [1.54, 1.807) is 6.92 Å². The molecule has 136 valence electrons. The Balaban J connectivity index is 1.80. The van der Waals surface area contributed by atoms with Crippen molar-refractivity contribution in [1.82, 2.24) is 0 Å². The zero-order valence-electron chi connectivity index (χ0n) is 15.3. The van der Waals surface area contributed by atoms with E-state index in [0.717, 1.165) is 44.9 Å². The molecule has 0 aliphatic heterocycles. The zero-order valence-corrected chi connectivity index (χ0v) is 15.3. The third kappa shape index (κ3) is 1.70. The smallest absolute Gasteiger partial charge is 0.312 e. The molecule has 24 heavy (non-hydrogen) atoms. The largest absolute Gasteiger partial charge is 0.481 e. The molecule has 5 fully saturated rings. The van der Waals surface area contributed by atoms with Crippen LogP contribution in [0.3, 0.4) is 0 Å². The first-order valence-corrected chi connectivity index (χ1v) is 9.69. The van der Waals surface area contributed by atoms with E-state index in [9.17, 15) is 20.1 Å². The Morgan fingerprint density at radius 3 is 2.33 bits per heavy atom. The summed E-state index contributed by atoms with van der Waals surface area (Å²) in [6.07, 6.45) is 7.74. The number of carbonyl (C=O) groups is 1. The highest BCUT2D eigenvalue weighted by atomic mass is 16.4. The van der Waals surface area contributed by atoms with Gasteiger partial charge < -0.3 is 15.3 Å². The molecule has 4 nitrogen and oxygen atoms in total. The fraction of sp³-hybridized carbons (Fsp3) is 0.950. The Morgan fingerprint density at radius 2 is 1.71 bits per heavy atom. The Hall–Kier alpha value is -0.610. The van der Waals surface area contributed by atoms with E-state index >= 15 is 0 Å². The summed E-state index contributed by atoms with van der Waals surface area (Å²) in [6, 6.07) is 0. The number of aliphatic carboxylic acids is 1. The van der Waals surface area contributed by atoms with E-state index in [4.69, 9.17) is 0 Å². The van der Waals surface area contributed by atoms with Crippen molar-refractivity contribution in [2.45, 2.75) is 89.8 Å². The molecule has 5 saturated carbocycles. The van der Waals surface area contributed by atoms with Gasteiger partial charge in [-0.05, 0) is 82.5 Å². The lowest BCUT2D eigenvalue weighted by molar-refractivity contribution is -0.293. The topological polar surface area (TPSA) is 77.8 Å². The number of carboxylic acid groups (broad SMARTS) is 1. The van der Waals surface area contributed by atoms with Crippen molar-refractivity contribution in [3.8, 4) is 0 Å². The average Bonchev–Trinajstić information content (AvgIpc) is 2.49. The molecule has 7 atom stereocenters. The van der Waals surface area contributed by atoms with Crippen molar-refractivity contribution in [1.29, 1.82) is 0 Å². The molecule has 0 aromatic rings. The normalized spacial score (nSPS) is 59.5. The van der Waals surface area contributed by atoms with E-state index in [1.165, 1.54) is 0 Å². The summed E-state index contributed by atoms with van der Waals surface area (Å²) in [5.74, 6) is -0.219. The standard InChI is InChI=1S/C20H32O4/c1-16-6-4-7-17(2,15(21)22)20(16,24)10-9-19-8-5-13(11-14(16)19)18(3,23)12-19/h13-14,23-24H,4-12H2,1-3H3,(H,21,22)/t13-,14+,16+,17+,18-,19+,20-/m0/s1. The molecule has 4 heteroatoms. The number of fused-ring (bicyclic) bond motifs is 3. The summed E-state index contributed by atoms with van der Waals surface area (Å²) >= 11 is 0. The monoisotopic (exact) mass is 336 g/mol. The second kappa shape index (κ2) is 4.56. The van der Waals surface area contributed by atoms with Gasteiger partial charge in [0.05, 0.1) is 16.6 Å². The van der Waals surface area contributed by atoms with Crippen LogP contribution in [0.4, 0.5) is 0 Å². The van der Waals surface area contributed by atoms with Crippen molar-refractivity contribution in [2.24, 2.45) is 28.1 Å². The SMILES string of the molecule is C[C@]1(O)C[C@]23CC[C@H]1C[C@@H]2[C@@]1(C)CCC[C@](C)(C(=O)O)[C@]1(O)CC3. The highest BCUT2D eigenvalue weighted by Crippen LogP contribution is 2.73. The van der Waals surface area contributed by atoms with Gasteiger partial charge in [-0.1, -0.05) is 13.3 Å². The number of hydrogen-bond donors (Lipinski definition) is 3. The van der Waals surface area contributed by atoms with Crippen molar-refractivity contribution >= 4 is 5.97 Å². The van der Waals surface area contributed by atoms with Crippen molar-refractivity contribution in [3.05, 3.63) is 0 Å². The van der Waals surface area contributed by atoms with Crippen molar-refractivity contribution in [3.63, 3.8) is 0 Å². The van der Waals surface area contributed by atoms with E-state index in [-0.39, 0.29) is 10.8 Å². The summed E-state index contributed by atoms with van der Waals surface area (Å²) in [5, 5.41) is 32.6. The minimum absolute atomic E-state index is 0.0932. The number of aliphatic hydroxyl groups is 2. The van der Waals surface area contributed by atoms with E-state index < -0.39 is 22.6 Å². The molecule has 5 rings (SSSR count). The van der Waals surface area contributed by atoms with Crippen LogP contribution in [-0.4, -0.2) is 32.5 Å². The van der Waals surface area contributed by atoms with Crippen molar-refractivity contribution in [2.75, 3.05) is 0 Å². The van der Waals surface area contributed by atoms with Crippen LogP contribution in [0.1, 0.15) is 78.6 Å². The van der Waals surface area contributed by atoms with Gasteiger partial charge in [0.1, 0.15) is 0 Å². The minimum atomic E-state index is -1.14. The average molecular weight is 336 g/mol. The summed E-state index contributed by atoms with van der Waals surface area (Å²) in [5.41, 5.74) is -3.04. The third-order valence-electron chi connectivity index (χ3n) is 9.30. The van der Waals surface area contributed by atoms with Gasteiger partial charge in [0.25, 0.3) is 0 Å². The van der Waals surface area contributed by atoms with Gasteiger partial charge >= 0.3 is 5.97 Å². The maximum atomic E-state index is 12.1. The van der Waals surface area contributed by atoms with E-state index in [1.807, 2.05) is 6.92 Å². The molecular weight excluding hydrogens is 304 g/mol. The molecule has 2 bridgehead atoms. The molecule has 5 aliphatic carbocycles. The highest BCUT2D eigenvalue weighted by molar-refractivity contribution is 5.76. The Kier molecular flexibility index (Phi) is 3.20. The minimum Gasteiger partial charge on any atom is -0.481 e. The molecule has 1 spiro atoms. The van der Waals surface area contributed by atoms with Crippen LogP contribution in [0.2, 0.25) is 0 Å². The maximum absolute atomic E-state index is 12.1. The molecule has 0 radical (unpaired) electrons. The Labute approximate surface area is 144 Å². The highest BCUT2D eigenvalue weighted by Gasteiger charge is 2.73. The number of carboxylic acids is 1. The second-order valence-electron chi connectivity index (χ2n) is 10.2. The summed E-state index contributed by atoms with van der Waals surface area (Å²) in [4.78, 5) is 12.1. The first-order valence-electron chi connectivity index (χ1n) is 9.69. The first-order chi connectivity index (χ1) is 11.0. The van der Waals surface area contributed by atoms with E-state index in [0.29, 0.717) is 24.7 Å². The lowest BCUT2D eigenvalue weighted by Crippen LogP contribution is -2.72. The molecule has 0 amide bonds. The maximum Gasteiger partial charge on any atom is 0.312 e. The van der Waals surface area contributed by atoms with Gasteiger partial charge in [-0.3, -0.25) is 4.79 Å². The number of rotatable bonds is 1. The quantitative estimate of drug-likeness (QED) is 0.686. The number of hydrogen-bond acceptors (Lipinski definition) is 3. The van der Waals surface area contributed by atoms with Gasteiger partial charge in [-0.2, -0.15) is 0 Å².